The Morgan fingerprint density at radius 3 is 3.10 bits per heavy atom. The lowest BCUT2D eigenvalue weighted by Gasteiger charge is -2.34. The van der Waals surface area contributed by atoms with E-state index in [1.165, 1.54) is 12.8 Å². The summed E-state index contributed by atoms with van der Waals surface area (Å²) in [6.07, 6.45) is 6.23. The highest BCUT2D eigenvalue weighted by atomic mass is 16.5. The Labute approximate surface area is 123 Å². The van der Waals surface area contributed by atoms with Crippen LogP contribution in [0.1, 0.15) is 42.3 Å². The monoisotopic (exact) mass is 288 g/mol. The minimum Gasteiger partial charge on any atom is -0.338 e. The lowest BCUT2D eigenvalue weighted by molar-refractivity contribution is 0.128. The van der Waals surface area contributed by atoms with Gasteiger partial charge in [0.25, 0.3) is 0 Å². The summed E-state index contributed by atoms with van der Waals surface area (Å²) >= 11 is 0. The van der Waals surface area contributed by atoms with Crippen molar-refractivity contribution in [2.24, 2.45) is 7.05 Å². The molecule has 1 aliphatic heterocycles. The largest absolute Gasteiger partial charge is 0.338 e. The number of aromatic nitrogens is 4. The molecule has 112 valence electrons. The normalized spacial score (nSPS) is 23.6. The van der Waals surface area contributed by atoms with Crippen LogP contribution in [0.25, 0.3) is 0 Å². The van der Waals surface area contributed by atoms with Crippen molar-refractivity contribution in [3.05, 3.63) is 29.9 Å². The summed E-state index contributed by atoms with van der Waals surface area (Å²) < 4.78 is 7.49. The van der Waals surface area contributed by atoms with Crippen molar-refractivity contribution in [2.75, 3.05) is 19.6 Å². The molecule has 0 spiro atoms. The molecule has 1 saturated carbocycles. The van der Waals surface area contributed by atoms with Gasteiger partial charge in [0.15, 0.2) is 5.82 Å². The van der Waals surface area contributed by atoms with Gasteiger partial charge < -0.3 is 14.4 Å². The van der Waals surface area contributed by atoms with Crippen LogP contribution in [0.3, 0.4) is 0 Å². The molecule has 3 heterocycles. The molecule has 0 radical (unpaired) electrons. The van der Waals surface area contributed by atoms with Gasteiger partial charge in [-0.05, 0) is 12.8 Å². The van der Waals surface area contributed by atoms with Gasteiger partial charge in [-0.1, -0.05) is 5.16 Å². The second-order valence-corrected chi connectivity index (χ2v) is 5.91. The smallest absolute Gasteiger partial charge is 0.240 e. The Hall–Kier alpha value is -1.73. The summed E-state index contributed by atoms with van der Waals surface area (Å²) in [5, 5.41) is 7.54. The van der Waals surface area contributed by atoms with Gasteiger partial charge >= 0.3 is 0 Å². The Morgan fingerprint density at radius 2 is 2.33 bits per heavy atom. The molecule has 21 heavy (non-hydrogen) atoms. The van der Waals surface area contributed by atoms with E-state index in [1.54, 1.807) is 0 Å². The molecular weight excluding hydrogens is 268 g/mol. The quantitative estimate of drug-likeness (QED) is 0.898. The van der Waals surface area contributed by atoms with Gasteiger partial charge in [0.1, 0.15) is 5.82 Å². The van der Waals surface area contributed by atoms with Crippen LogP contribution in [0.4, 0.5) is 0 Å². The van der Waals surface area contributed by atoms with Crippen molar-refractivity contribution in [2.45, 2.75) is 31.3 Å². The van der Waals surface area contributed by atoms with E-state index in [1.807, 2.05) is 19.4 Å². The molecule has 0 bridgehead atoms. The first kappa shape index (κ1) is 13.0. The molecule has 2 aromatic heterocycles. The van der Waals surface area contributed by atoms with E-state index < -0.39 is 0 Å². The zero-order chi connectivity index (χ0) is 14.2. The van der Waals surface area contributed by atoms with Gasteiger partial charge in [-0.15, -0.1) is 0 Å². The zero-order valence-electron chi connectivity index (χ0n) is 12.2. The number of nitrogens with zero attached hydrogens (tertiary/aromatic N) is 5. The van der Waals surface area contributed by atoms with E-state index >= 15 is 0 Å². The summed E-state index contributed by atoms with van der Waals surface area (Å²) in [6.45, 7) is 3.52. The van der Waals surface area contributed by atoms with Gasteiger partial charge in [0, 0.05) is 45.0 Å². The highest BCUT2D eigenvalue weighted by Gasteiger charge is 2.31. The third-order valence-corrected chi connectivity index (χ3v) is 4.28. The van der Waals surface area contributed by atoms with Crippen molar-refractivity contribution in [1.29, 1.82) is 0 Å². The van der Waals surface area contributed by atoms with Crippen LogP contribution in [0, 0.1) is 0 Å². The third-order valence-electron chi connectivity index (χ3n) is 4.28. The number of hydrogen-bond acceptors (Lipinski definition) is 6. The molecule has 2 fully saturated rings. The van der Waals surface area contributed by atoms with Crippen LogP contribution < -0.4 is 5.32 Å². The first-order chi connectivity index (χ1) is 10.3. The molecule has 1 aliphatic carbocycles. The van der Waals surface area contributed by atoms with Crippen molar-refractivity contribution in [3.8, 4) is 0 Å². The van der Waals surface area contributed by atoms with Crippen molar-refractivity contribution in [3.63, 3.8) is 0 Å². The van der Waals surface area contributed by atoms with Crippen molar-refractivity contribution in [1.82, 2.24) is 29.9 Å². The molecule has 7 nitrogen and oxygen atoms in total. The SMILES string of the molecule is Cn1ccnc1C1CNCCN1Cc1nc(C2CC2)no1. The molecular formula is C14H20N6O. The van der Waals surface area contributed by atoms with Gasteiger partial charge in [0.2, 0.25) is 5.89 Å². The van der Waals surface area contributed by atoms with E-state index in [0.29, 0.717) is 12.5 Å². The van der Waals surface area contributed by atoms with E-state index in [2.05, 4.69) is 29.9 Å². The van der Waals surface area contributed by atoms with E-state index in [0.717, 1.165) is 37.2 Å². The molecule has 2 aromatic rings. The number of hydrogen-bond donors (Lipinski definition) is 1. The van der Waals surface area contributed by atoms with E-state index in [4.69, 9.17) is 4.52 Å². The summed E-state index contributed by atoms with van der Waals surface area (Å²) in [5.74, 6) is 3.21. The van der Waals surface area contributed by atoms with Crippen LogP contribution in [0.5, 0.6) is 0 Å². The molecule has 1 unspecified atom stereocenters. The lowest BCUT2D eigenvalue weighted by atomic mass is 10.1. The van der Waals surface area contributed by atoms with Gasteiger partial charge in [-0.3, -0.25) is 4.90 Å². The summed E-state index contributed by atoms with van der Waals surface area (Å²) in [5.41, 5.74) is 0. The van der Waals surface area contributed by atoms with Gasteiger partial charge in [-0.25, -0.2) is 4.98 Å². The summed E-state index contributed by atoms with van der Waals surface area (Å²) in [7, 11) is 2.03. The Morgan fingerprint density at radius 1 is 1.43 bits per heavy atom. The Bertz CT molecular complexity index is 617. The average molecular weight is 288 g/mol. The second-order valence-electron chi connectivity index (χ2n) is 5.91. The lowest BCUT2D eigenvalue weighted by Crippen LogP contribution is -2.46. The molecule has 2 aliphatic rings. The van der Waals surface area contributed by atoms with E-state index in [9.17, 15) is 0 Å². The topological polar surface area (TPSA) is 72.0 Å². The average Bonchev–Trinajstić information content (AvgIpc) is 3.10. The van der Waals surface area contributed by atoms with Crippen LogP contribution in [-0.2, 0) is 13.6 Å². The van der Waals surface area contributed by atoms with Crippen molar-refractivity contribution < 1.29 is 4.52 Å². The predicted octanol–water partition coefficient (Wildman–Crippen LogP) is 0.827. The minimum absolute atomic E-state index is 0.245. The molecule has 4 rings (SSSR count). The maximum atomic E-state index is 5.41. The third kappa shape index (κ3) is 2.58. The summed E-state index contributed by atoms with van der Waals surface area (Å²) in [4.78, 5) is 11.4. The van der Waals surface area contributed by atoms with Crippen molar-refractivity contribution >= 4 is 0 Å². The van der Waals surface area contributed by atoms with Gasteiger partial charge in [-0.2, -0.15) is 4.98 Å². The minimum atomic E-state index is 0.245. The fraction of sp³-hybridized carbons (Fsp3) is 0.643. The molecule has 1 atom stereocenters. The fourth-order valence-corrected chi connectivity index (χ4v) is 2.90. The maximum absolute atomic E-state index is 5.41. The molecule has 0 aromatic carbocycles. The molecule has 0 amide bonds. The van der Waals surface area contributed by atoms with Crippen LogP contribution >= 0.6 is 0 Å². The maximum Gasteiger partial charge on any atom is 0.240 e. The predicted molar refractivity (Wildman–Crippen MR) is 75.5 cm³/mol. The molecule has 1 N–H and O–H groups in total. The number of piperazine rings is 1. The fourth-order valence-electron chi connectivity index (χ4n) is 2.90. The number of imidazole rings is 1. The number of aryl methyl sites for hydroxylation is 1. The summed E-state index contributed by atoms with van der Waals surface area (Å²) in [6, 6.07) is 0.245. The Kier molecular flexibility index (Phi) is 3.23. The molecule has 7 heteroatoms. The standard InChI is InChI=1S/C14H20N6O/c1-19-6-5-16-14(19)11-8-15-4-7-20(11)9-12-17-13(18-21-12)10-2-3-10/h5-6,10-11,15H,2-4,7-9H2,1H3. The zero-order valence-corrected chi connectivity index (χ0v) is 12.2. The molecule has 1 saturated heterocycles. The van der Waals surface area contributed by atoms with Crippen LogP contribution in [-0.4, -0.2) is 44.2 Å². The highest BCUT2D eigenvalue weighted by Crippen LogP contribution is 2.38. The van der Waals surface area contributed by atoms with Crippen LogP contribution in [0.2, 0.25) is 0 Å². The van der Waals surface area contributed by atoms with Crippen LogP contribution in [0.15, 0.2) is 16.9 Å². The van der Waals surface area contributed by atoms with Gasteiger partial charge in [0.05, 0.1) is 12.6 Å². The second kappa shape index (κ2) is 5.23. The highest BCUT2D eigenvalue weighted by molar-refractivity contribution is 5.05. The Balaban J connectivity index is 1.52. The first-order valence-corrected chi connectivity index (χ1v) is 7.56. The van der Waals surface area contributed by atoms with E-state index in [-0.39, 0.29) is 6.04 Å². The number of nitrogens with one attached hydrogen (secondary N) is 1. The first-order valence-electron chi connectivity index (χ1n) is 7.56. The number of rotatable bonds is 4.